The predicted octanol–water partition coefficient (Wildman–Crippen LogP) is 3.53. The molecule has 11 heavy (non-hydrogen) atoms. The molecule has 1 saturated carbocycles. The zero-order valence-electron chi connectivity index (χ0n) is 8.14. The van der Waals surface area contributed by atoms with Gasteiger partial charge in [0.2, 0.25) is 0 Å². The Labute approximate surface area is 71.4 Å². The fourth-order valence-corrected chi connectivity index (χ4v) is 2.50. The Morgan fingerprint density at radius 1 is 1.18 bits per heavy atom. The molecule has 0 amide bonds. The van der Waals surface area contributed by atoms with Crippen LogP contribution in [0.1, 0.15) is 40.0 Å². The lowest BCUT2D eigenvalue weighted by Gasteiger charge is -2.18. The van der Waals surface area contributed by atoms with Crippen LogP contribution < -0.4 is 0 Å². The third-order valence-electron chi connectivity index (χ3n) is 3.72. The zero-order valence-corrected chi connectivity index (χ0v) is 8.14. The van der Waals surface area contributed by atoms with Gasteiger partial charge in [0, 0.05) is 0 Å². The second kappa shape index (κ2) is 3.60. The second-order valence-corrected chi connectivity index (χ2v) is 4.33. The van der Waals surface area contributed by atoms with Crippen LogP contribution in [0, 0.1) is 30.6 Å². The van der Waals surface area contributed by atoms with E-state index in [4.69, 9.17) is 0 Å². The average Bonchev–Trinajstić information content (AvgIpc) is 2.19. The van der Waals surface area contributed by atoms with Crippen LogP contribution in [0.25, 0.3) is 0 Å². The zero-order chi connectivity index (χ0) is 8.43. The highest BCUT2D eigenvalue weighted by atomic mass is 14.4. The Bertz CT molecular complexity index is 117. The van der Waals surface area contributed by atoms with Gasteiger partial charge in [0.05, 0.1) is 0 Å². The van der Waals surface area contributed by atoms with Gasteiger partial charge >= 0.3 is 0 Å². The Morgan fingerprint density at radius 3 is 2.18 bits per heavy atom. The van der Waals surface area contributed by atoms with E-state index in [1.54, 1.807) is 0 Å². The third-order valence-corrected chi connectivity index (χ3v) is 3.72. The minimum absolute atomic E-state index is 0.937. The third kappa shape index (κ3) is 1.77. The standard InChI is InChI=1S/C11H21/c1-5-6-11-7-8(2)9(3)10(11)4/h8-11H,1,5-7H2,2-4H3/q-1. The molecule has 0 aromatic heterocycles. The molecule has 1 aliphatic rings. The van der Waals surface area contributed by atoms with Crippen molar-refractivity contribution in [1.29, 1.82) is 0 Å². The molecule has 1 rings (SSSR count). The summed E-state index contributed by atoms with van der Waals surface area (Å²) < 4.78 is 0. The van der Waals surface area contributed by atoms with E-state index in [9.17, 15) is 0 Å². The minimum atomic E-state index is 0.937. The lowest BCUT2D eigenvalue weighted by molar-refractivity contribution is 0.328. The van der Waals surface area contributed by atoms with Crippen LogP contribution in [0.15, 0.2) is 0 Å². The summed E-state index contributed by atoms with van der Waals surface area (Å²) in [6.45, 7) is 11.1. The van der Waals surface area contributed by atoms with Crippen LogP contribution in [-0.4, -0.2) is 0 Å². The first-order chi connectivity index (χ1) is 5.16. The van der Waals surface area contributed by atoms with Gasteiger partial charge in [0.25, 0.3) is 0 Å². The molecule has 66 valence electrons. The lowest BCUT2D eigenvalue weighted by atomic mass is 9.89. The number of rotatable bonds is 2. The molecule has 1 fully saturated rings. The van der Waals surface area contributed by atoms with Gasteiger partial charge in [0.1, 0.15) is 0 Å². The van der Waals surface area contributed by atoms with Crippen LogP contribution in [0.5, 0.6) is 0 Å². The van der Waals surface area contributed by atoms with E-state index < -0.39 is 0 Å². The van der Waals surface area contributed by atoms with Gasteiger partial charge < -0.3 is 6.92 Å². The molecule has 4 unspecified atom stereocenters. The highest BCUT2D eigenvalue weighted by Crippen LogP contribution is 2.42. The Hall–Kier alpha value is 0. The molecule has 0 spiro atoms. The van der Waals surface area contributed by atoms with Gasteiger partial charge in [-0.1, -0.05) is 27.2 Å². The van der Waals surface area contributed by atoms with Gasteiger partial charge in [-0.2, -0.15) is 6.42 Å². The normalized spacial score (nSPS) is 44.7. The summed E-state index contributed by atoms with van der Waals surface area (Å²) >= 11 is 0. The summed E-state index contributed by atoms with van der Waals surface area (Å²) in [6, 6.07) is 0. The summed E-state index contributed by atoms with van der Waals surface area (Å²) in [5.41, 5.74) is 0. The van der Waals surface area contributed by atoms with E-state index in [0.717, 1.165) is 30.1 Å². The van der Waals surface area contributed by atoms with Crippen molar-refractivity contribution in [2.24, 2.45) is 23.7 Å². The molecule has 4 atom stereocenters. The fourth-order valence-electron chi connectivity index (χ4n) is 2.50. The van der Waals surface area contributed by atoms with Crippen molar-refractivity contribution in [2.45, 2.75) is 40.0 Å². The van der Waals surface area contributed by atoms with Crippen molar-refractivity contribution >= 4 is 0 Å². The van der Waals surface area contributed by atoms with Gasteiger partial charge in [-0.15, -0.1) is 0 Å². The summed E-state index contributed by atoms with van der Waals surface area (Å²) in [7, 11) is 0. The molecule has 0 N–H and O–H groups in total. The van der Waals surface area contributed by atoms with Gasteiger partial charge in [0.15, 0.2) is 0 Å². The first-order valence-corrected chi connectivity index (χ1v) is 4.96. The van der Waals surface area contributed by atoms with Crippen LogP contribution in [0.4, 0.5) is 0 Å². The maximum absolute atomic E-state index is 3.93. The highest BCUT2D eigenvalue weighted by Gasteiger charge is 2.33. The molecule has 0 bridgehead atoms. The Balaban J connectivity index is 2.45. The topological polar surface area (TPSA) is 0 Å². The lowest BCUT2D eigenvalue weighted by Crippen LogP contribution is -2.09. The average molecular weight is 153 g/mol. The smallest absolute Gasteiger partial charge is 0.0387 e. The van der Waals surface area contributed by atoms with Crippen LogP contribution in [-0.2, 0) is 0 Å². The minimum Gasteiger partial charge on any atom is -0.343 e. The largest absolute Gasteiger partial charge is 0.343 e. The molecular formula is C11H21-. The first-order valence-electron chi connectivity index (χ1n) is 4.96. The first kappa shape index (κ1) is 9.09. The molecular weight excluding hydrogens is 132 g/mol. The van der Waals surface area contributed by atoms with E-state index in [1.165, 1.54) is 12.8 Å². The monoisotopic (exact) mass is 153 g/mol. The van der Waals surface area contributed by atoms with Gasteiger partial charge in [-0.3, -0.25) is 0 Å². The van der Waals surface area contributed by atoms with Gasteiger partial charge in [-0.05, 0) is 30.1 Å². The molecule has 0 aliphatic heterocycles. The summed E-state index contributed by atoms with van der Waals surface area (Å²) in [6.07, 6.45) is 3.90. The molecule has 0 radical (unpaired) electrons. The molecule has 0 saturated heterocycles. The highest BCUT2D eigenvalue weighted by molar-refractivity contribution is 4.84. The molecule has 1 aliphatic carbocycles. The van der Waals surface area contributed by atoms with E-state index in [2.05, 4.69) is 27.7 Å². The molecule has 0 heteroatoms. The number of hydrogen-bond donors (Lipinski definition) is 0. The fraction of sp³-hybridized carbons (Fsp3) is 0.909. The maximum atomic E-state index is 3.93. The molecule has 0 heterocycles. The second-order valence-electron chi connectivity index (χ2n) is 4.33. The van der Waals surface area contributed by atoms with Gasteiger partial charge in [-0.25, -0.2) is 0 Å². The quantitative estimate of drug-likeness (QED) is 0.532. The maximum Gasteiger partial charge on any atom is -0.0387 e. The Morgan fingerprint density at radius 2 is 1.82 bits per heavy atom. The Kier molecular flexibility index (Phi) is 2.98. The van der Waals surface area contributed by atoms with E-state index in [0.29, 0.717) is 0 Å². The van der Waals surface area contributed by atoms with E-state index in [-0.39, 0.29) is 0 Å². The summed E-state index contributed by atoms with van der Waals surface area (Å²) in [4.78, 5) is 0. The van der Waals surface area contributed by atoms with Crippen LogP contribution in [0.2, 0.25) is 0 Å². The van der Waals surface area contributed by atoms with Crippen molar-refractivity contribution in [3.05, 3.63) is 6.92 Å². The van der Waals surface area contributed by atoms with Crippen molar-refractivity contribution in [2.75, 3.05) is 0 Å². The van der Waals surface area contributed by atoms with Crippen molar-refractivity contribution < 1.29 is 0 Å². The van der Waals surface area contributed by atoms with E-state index >= 15 is 0 Å². The summed E-state index contributed by atoms with van der Waals surface area (Å²) in [5, 5.41) is 0. The summed E-state index contributed by atoms with van der Waals surface area (Å²) in [5.74, 6) is 3.79. The molecule has 0 nitrogen and oxygen atoms in total. The molecule has 0 aromatic rings. The number of hydrogen-bond acceptors (Lipinski definition) is 0. The predicted molar refractivity (Wildman–Crippen MR) is 50.2 cm³/mol. The van der Waals surface area contributed by atoms with Crippen molar-refractivity contribution in [3.8, 4) is 0 Å². The van der Waals surface area contributed by atoms with Crippen molar-refractivity contribution in [1.82, 2.24) is 0 Å². The molecule has 0 aromatic carbocycles. The SMILES string of the molecule is [CH2-]CCC1CC(C)C(C)C1C. The van der Waals surface area contributed by atoms with E-state index in [1.807, 2.05) is 0 Å². The van der Waals surface area contributed by atoms with Crippen LogP contribution >= 0.6 is 0 Å². The van der Waals surface area contributed by atoms with Crippen LogP contribution in [0.3, 0.4) is 0 Å². The van der Waals surface area contributed by atoms with Crippen molar-refractivity contribution in [3.63, 3.8) is 0 Å².